The van der Waals surface area contributed by atoms with Gasteiger partial charge in [0.25, 0.3) is 11.8 Å². The Morgan fingerprint density at radius 3 is 2.54 bits per heavy atom. The van der Waals surface area contributed by atoms with Crippen molar-refractivity contribution < 1.29 is 13.6 Å². The largest absolute Gasteiger partial charge is 0.344 e. The Kier molecular flexibility index (Phi) is 3.61. The summed E-state index contributed by atoms with van der Waals surface area (Å²) in [4.78, 5) is 17.1. The Hall–Kier alpha value is -1.95. The zero-order valence-corrected chi connectivity index (χ0v) is 14.8. The fourth-order valence-electron chi connectivity index (χ4n) is 4.91. The average Bonchev–Trinajstić information content (AvgIpc) is 3.20. The van der Waals surface area contributed by atoms with Crippen molar-refractivity contribution in [2.24, 2.45) is 0 Å². The maximum atomic E-state index is 13.3. The van der Waals surface area contributed by atoms with Gasteiger partial charge in [-0.1, -0.05) is 18.2 Å². The molecule has 0 bridgehead atoms. The highest BCUT2D eigenvalue weighted by molar-refractivity contribution is 6.08. The van der Waals surface area contributed by atoms with Crippen molar-refractivity contribution in [1.29, 1.82) is 0 Å². The first-order valence-electron chi connectivity index (χ1n) is 9.55. The van der Waals surface area contributed by atoms with Crippen LogP contribution in [0.1, 0.15) is 35.3 Å². The van der Waals surface area contributed by atoms with Crippen molar-refractivity contribution in [3.8, 4) is 0 Å². The number of carbonyl (C=O) groups excluding carboxylic acids is 1. The molecule has 26 heavy (non-hydrogen) atoms. The van der Waals surface area contributed by atoms with Crippen molar-refractivity contribution >= 4 is 16.8 Å². The van der Waals surface area contributed by atoms with Crippen molar-refractivity contribution in [3.63, 3.8) is 0 Å². The van der Waals surface area contributed by atoms with E-state index in [1.54, 1.807) is 0 Å². The van der Waals surface area contributed by atoms with Gasteiger partial charge in [0.2, 0.25) is 0 Å². The normalized spacial score (nSPS) is 23.2. The minimum Gasteiger partial charge on any atom is -0.344 e. The highest BCUT2D eigenvalue weighted by Gasteiger charge is 2.47. The van der Waals surface area contributed by atoms with E-state index >= 15 is 0 Å². The first-order valence-corrected chi connectivity index (χ1v) is 9.55. The summed E-state index contributed by atoms with van der Waals surface area (Å²) in [5.41, 5.74) is 3.19. The van der Waals surface area contributed by atoms with Crippen LogP contribution >= 0.6 is 0 Å². The van der Waals surface area contributed by atoms with Crippen molar-refractivity contribution in [2.45, 2.75) is 44.2 Å². The molecule has 4 heterocycles. The van der Waals surface area contributed by atoms with E-state index in [4.69, 9.17) is 0 Å². The molecule has 0 N–H and O–H groups in total. The standard InChI is InChI=1S/C20H23F2N3O/c21-20(22)12-24(13-20)14-7-10-23(11-8-14)19(26)18-15-4-1-2-5-16(15)25-9-3-6-17(18)25/h1-2,4-5,14H,3,6-13H2. The van der Waals surface area contributed by atoms with Crippen LogP contribution in [0, 0.1) is 0 Å². The van der Waals surface area contributed by atoms with Crippen LogP contribution < -0.4 is 0 Å². The van der Waals surface area contributed by atoms with Crippen LogP contribution in [0.5, 0.6) is 0 Å². The third-order valence-corrected chi connectivity index (χ3v) is 6.22. The van der Waals surface area contributed by atoms with E-state index < -0.39 is 5.92 Å². The lowest BCUT2D eigenvalue weighted by atomic mass is 9.97. The summed E-state index contributed by atoms with van der Waals surface area (Å²) in [5.74, 6) is -2.40. The Balaban J connectivity index is 1.35. The van der Waals surface area contributed by atoms with Crippen molar-refractivity contribution in [1.82, 2.24) is 14.4 Å². The van der Waals surface area contributed by atoms with Gasteiger partial charge in [-0.2, -0.15) is 0 Å². The summed E-state index contributed by atoms with van der Waals surface area (Å²) in [6, 6.07) is 8.34. The molecule has 2 saturated heterocycles. The van der Waals surface area contributed by atoms with Crippen molar-refractivity contribution in [2.75, 3.05) is 26.2 Å². The molecule has 0 spiro atoms. The molecule has 0 unspecified atom stereocenters. The van der Waals surface area contributed by atoms with Gasteiger partial charge in [0.15, 0.2) is 0 Å². The molecule has 4 nitrogen and oxygen atoms in total. The second kappa shape index (κ2) is 5.78. The van der Waals surface area contributed by atoms with Crippen molar-refractivity contribution in [3.05, 3.63) is 35.5 Å². The minimum atomic E-state index is -2.51. The number of benzene rings is 1. The zero-order chi connectivity index (χ0) is 17.9. The number of fused-ring (bicyclic) bond motifs is 3. The third-order valence-electron chi connectivity index (χ3n) is 6.22. The lowest BCUT2D eigenvalue weighted by Gasteiger charge is -2.46. The quantitative estimate of drug-likeness (QED) is 0.824. The second-order valence-corrected chi connectivity index (χ2v) is 7.88. The first-order chi connectivity index (χ1) is 12.5. The van der Waals surface area contributed by atoms with Gasteiger partial charge in [-0.15, -0.1) is 0 Å². The fraction of sp³-hybridized carbons (Fsp3) is 0.550. The van der Waals surface area contributed by atoms with E-state index in [-0.39, 0.29) is 25.0 Å². The molecule has 0 atom stereocenters. The summed E-state index contributed by atoms with van der Waals surface area (Å²) in [5, 5.41) is 1.05. The predicted octanol–water partition coefficient (Wildman–Crippen LogP) is 3.14. The van der Waals surface area contributed by atoms with Gasteiger partial charge >= 0.3 is 0 Å². The smallest absolute Gasteiger partial charge is 0.272 e. The molecule has 1 amide bonds. The molecule has 1 aromatic carbocycles. The number of alkyl halides is 2. The lowest BCUT2D eigenvalue weighted by molar-refractivity contribution is -0.150. The van der Waals surface area contributed by atoms with Crippen LogP contribution in [-0.4, -0.2) is 58.4 Å². The van der Waals surface area contributed by atoms with Crippen LogP contribution in [0.25, 0.3) is 10.9 Å². The Morgan fingerprint density at radius 2 is 1.81 bits per heavy atom. The topological polar surface area (TPSA) is 28.5 Å². The monoisotopic (exact) mass is 359 g/mol. The number of halogens is 2. The number of amides is 1. The Bertz CT molecular complexity index is 859. The second-order valence-electron chi connectivity index (χ2n) is 7.88. The molecular weight excluding hydrogens is 336 g/mol. The summed E-state index contributed by atoms with van der Waals surface area (Å²) >= 11 is 0. The Morgan fingerprint density at radius 1 is 1.08 bits per heavy atom. The van der Waals surface area contributed by atoms with E-state index in [2.05, 4.69) is 10.6 Å². The molecule has 0 aliphatic carbocycles. The molecule has 3 aliphatic rings. The van der Waals surface area contributed by atoms with Crippen LogP contribution in [0.4, 0.5) is 8.78 Å². The number of piperidine rings is 1. The molecule has 0 radical (unpaired) electrons. The third kappa shape index (κ3) is 2.46. The first kappa shape index (κ1) is 16.2. The SMILES string of the molecule is O=C(c1c2n(c3ccccc13)CCC2)N1CCC(N2CC(F)(F)C2)CC1. The van der Waals surface area contributed by atoms with Gasteiger partial charge in [-0.05, 0) is 31.7 Å². The summed E-state index contributed by atoms with van der Waals surface area (Å²) < 4.78 is 28.5. The number of aromatic nitrogens is 1. The average molecular weight is 359 g/mol. The van der Waals surface area contributed by atoms with Crippen LogP contribution in [0.15, 0.2) is 24.3 Å². The van der Waals surface area contributed by atoms with Crippen LogP contribution in [0.3, 0.4) is 0 Å². The van der Waals surface area contributed by atoms with Crippen LogP contribution in [-0.2, 0) is 13.0 Å². The van der Waals surface area contributed by atoms with Crippen LogP contribution in [0.2, 0.25) is 0 Å². The molecule has 138 valence electrons. The number of likely N-dealkylation sites (tertiary alicyclic amines) is 2. The maximum Gasteiger partial charge on any atom is 0.272 e. The van der Waals surface area contributed by atoms with E-state index in [1.807, 2.05) is 28.0 Å². The number of rotatable bonds is 2. The van der Waals surface area contributed by atoms with E-state index in [0.29, 0.717) is 13.1 Å². The molecule has 0 saturated carbocycles. The van der Waals surface area contributed by atoms with E-state index in [0.717, 1.165) is 48.7 Å². The maximum absolute atomic E-state index is 13.3. The van der Waals surface area contributed by atoms with E-state index in [1.165, 1.54) is 5.69 Å². The molecule has 3 aliphatic heterocycles. The summed E-state index contributed by atoms with van der Waals surface area (Å²) in [6.07, 6.45) is 3.62. The number of aryl methyl sites for hydroxylation is 1. The van der Waals surface area contributed by atoms with Gasteiger partial charge in [-0.25, -0.2) is 8.78 Å². The predicted molar refractivity (Wildman–Crippen MR) is 95.7 cm³/mol. The fourth-order valence-corrected chi connectivity index (χ4v) is 4.91. The number of hydrogen-bond donors (Lipinski definition) is 0. The number of carbonyl (C=O) groups is 1. The highest BCUT2D eigenvalue weighted by Crippen LogP contribution is 2.34. The highest BCUT2D eigenvalue weighted by atomic mass is 19.3. The summed E-state index contributed by atoms with van der Waals surface area (Å²) in [7, 11) is 0. The molecular formula is C20H23F2N3O. The number of para-hydroxylation sites is 1. The molecule has 1 aromatic heterocycles. The van der Waals surface area contributed by atoms with Gasteiger partial charge in [-0.3, -0.25) is 9.69 Å². The Labute approximate surface area is 151 Å². The van der Waals surface area contributed by atoms with Gasteiger partial charge in [0, 0.05) is 42.3 Å². The molecule has 5 rings (SSSR count). The summed E-state index contributed by atoms with van der Waals surface area (Å²) in [6.45, 7) is 2.05. The number of hydrogen-bond acceptors (Lipinski definition) is 2. The van der Waals surface area contributed by atoms with Gasteiger partial charge in [0.05, 0.1) is 18.7 Å². The van der Waals surface area contributed by atoms with E-state index in [9.17, 15) is 13.6 Å². The minimum absolute atomic E-state index is 0.115. The van der Waals surface area contributed by atoms with Gasteiger partial charge in [0.1, 0.15) is 0 Å². The molecule has 2 aromatic rings. The number of nitrogens with zero attached hydrogens (tertiary/aromatic N) is 3. The van der Waals surface area contributed by atoms with Gasteiger partial charge < -0.3 is 9.47 Å². The zero-order valence-electron chi connectivity index (χ0n) is 14.8. The molecule has 6 heteroatoms. The lowest BCUT2D eigenvalue weighted by Crippen LogP contribution is -2.61. The molecule has 2 fully saturated rings.